The van der Waals surface area contributed by atoms with Crippen LogP contribution in [0, 0.1) is 17.0 Å². The monoisotopic (exact) mass is 346 g/mol. The first kappa shape index (κ1) is 18.1. The number of para-hydroxylation sites is 1. The van der Waals surface area contributed by atoms with Crippen LogP contribution in [0.3, 0.4) is 0 Å². The third kappa shape index (κ3) is 4.61. The van der Waals surface area contributed by atoms with Crippen molar-refractivity contribution in [3.8, 4) is 0 Å². The molecule has 4 N–H and O–H groups in total. The normalized spacial score (nSPS) is 10.3. The SMILES string of the molecule is Cc1nc([N+](=O)[O-])cn1CC(=O)Nc1ccccc1C(=O)NCCN. The Bertz CT molecular complexity index is 801. The number of aromatic nitrogens is 2. The molecule has 0 aliphatic carbocycles. The lowest BCUT2D eigenvalue weighted by molar-refractivity contribution is -0.389. The molecule has 0 atom stereocenters. The molecule has 10 heteroatoms. The smallest absolute Gasteiger partial charge is 0.358 e. The Morgan fingerprint density at radius 3 is 2.72 bits per heavy atom. The van der Waals surface area contributed by atoms with Gasteiger partial charge >= 0.3 is 5.82 Å². The van der Waals surface area contributed by atoms with Gasteiger partial charge in [-0.1, -0.05) is 12.1 Å². The minimum atomic E-state index is -0.627. The van der Waals surface area contributed by atoms with Crippen molar-refractivity contribution in [3.63, 3.8) is 0 Å². The average Bonchev–Trinajstić information content (AvgIpc) is 2.94. The number of amides is 2. The zero-order valence-electron chi connectivity index (χ0n) is 13.6. The minimum absolute atomic E-state index is 0.161. The summed E-state index contributed by atoms with van der Waals surface area (Å²) in [6.45, 7) is 2.03. The number of rotatable bonds is 7. The van der Waals surface area contributed by atoms with E-state index in [4.69, 9.17) is 5.73 Å². The lowest BCUT2D eigenvalue weighted by atomic mass is 10.1. The second kappa shape index (κ2) is 8.02. The van der Waals surface area contributed by atoms with Crippen LogP contribution < -0.4 is 16.4 Å². The molecular formula is C15H18N6O4. The Kier molecular flexibility index (Phi) is 5.79. The first-order chi connectivity index (χ1) is 11.9. The minimum Gasteiger partial charge on any atom is -0.358 e. The third-order valence-corrected chi connectivity index (χ3v) is 3.34. The number of carbonyl (C=O) groups is 2. The summed E-state index contributed by atoms with van der Waals surface area (Å²) in [6.07, 6.45) is 1.19. The van der Waals surface area contributed by atoms with Gasteiger partial charge in [0.25, 0.3) is 5.91 Å². The highest BCUT2D eigenvalue weighted by atomic mass is 16.6. The number of hydrogen-bond acceptors (Lipinski definition) is 6. The summed E-state index contributed by atoms with van der Waals surface area (Å²) in [5.74, 6) is -0.770. The lowest BCUT2D eigenvalue weighted by Gasteiger charge is -2.11. The molecule has 132 valence electrons. The number of anilines is 1. The zero-order valence-corrected chi connectivity index (χ0v) is 13.6. The number of carbonyl (C=O) groups excluding carboxylic acids is 2. The summed E-state index contributed by atoms with van der Waals surface area (Å²) in [5.41, 5.74) is 6.00. The quantitative estimate of drug-likeness (QED) is 0.489. The molecule has 0 fully saturated rings. The van der Waals surface area contributed by atoms with E-state index in [2.05, 4.69) is 15.6 Å². The standard InChI is InChI=1S/C15H18N6O4/c1-10-18-13(21(24)25)8-20(10)9-14(22)19-12-5-3-2-4-11(12)15(23)17-7-6-16/h2-5,8H,6-7,9,16H2,1H3,(H,17,23)(H,19,22). The lowest BCUT2D eigenvalue weighted by Crippen LogP contribution is -2.30. The summed E-state index contributed by atoms with van der Waals surface area (Å²) in [6, 6.07) is 6.53. The maximum Gasteiger partial charge on any atom is 0.381 e. The fourth-order valence-electron chi connectivity index (χ4n) is 2.16. The molecule has 1 aromatic carbocycles. The summed E-state index contributed by atoms with van der Waals surface area (Å²) < 4.78 is 1.37. The molecule has 0 radical (unpaired) electrons. The number of aryl methyl sites for hydroxylation is 1. The highest BCUT2D eigenvalue weighted by Crippen LogP contribution is 2.16. The molecule has 0 saturated carbocycles. The first-order valence-electron chi connectivity index (χ1n) is 7.47. The van der Waals surface area contributed by atoms with Gasteiger partial charge in [-0.15, -0.1) is 0 Å². The Morgan fingerprint density at radius 1 is 1.36 bits per heavy atom. The van der Waals surface area contributed by atoms with Crippen LogP contribution >= 0.6 is 0 Å². The van der Waals surface area contributed by atoms with Crippen LogP contribution in [0.25, 0.3) is 0 Å². The molecule has 10 nitrogen and oxygen atoms in total. The van der Waals surface area contributed by atoms with Gasteiger partial charge in [0, 0.05) is 20.0 Å². The van der Waals surface area contributed by atoms with Crippen molar-refractivity contribution in [2.75, 3.05) is 18.4 Å². The van der Waals surface area contributed by atoms with E-state index in [9.17, 15) is 19.7 Å². The van der Waals surface area contributed by atoms with Crippen molar-refractivity contribution in [1.82, 2.24) is 14.9 Å². The predicted octanol–water partition coefficient (Wildman–Crippen LogP) is 0.427. The van der Waals surface area contributed by atoms with Crippen LogP contribution in [0.5, 0.6) is 0 Å². The van der Waals surface area contributed by atoms with Crippen molar-refractivity contribution in [1.29, 1.82) is 0 Å². The molecule has 2 amide bonds. The molecule has 25 heavy (non-hydrogen) atoms. The molecule has 0 bridgehead atoms. The fourth-order valence-corrected chi connectivity index (χ4v) is 2.16. The van der Waals surface area contributed by atoms with E-state index in [0.29, 0.717) is 30.2 Å². The highest BCUT2D eigenvalue weighted by molar-refractivity contribution is 6.03. The molecule has 2 aromatic rings. The summed E-state index contributed by atoms with van der Waals surface area (Å²) in [5, 5.41) is 16.0. The van der Waals surface area contributed by atoms with Gasteiger partial charge in [0.1, 0.15) is 12.7 Å². The third-order valence-electron chi connectivity index (χ3n) is 3.34. The van der Waals surface area contributed by atoms with E-state index in [-0.39, 0.29) is 18.3 Å². The number of benzene rings is 1. The van der Waals surface area contributed by atoms with E-state index in [1.165, 1.54) is 10.8 Å². The Labute approximate surface area is 143 Å². The predicted molar refractivity (Wildman–Crippen MR) is 90.1 cm³/mol. The largest absolute Gasteiger partial charge is 0.381 e. The van der Waals surface area contributed by atoms with E-state index in [1.54, 1.807) is 31.2 Å². The number of nitrogens with two attached hydrogens (primary N) is 1. The average molecular weight is 346 g/mol. The number of nitro groups is 1. The molecule has 0 unspecified atom stereocenters. The second-order valence-corrected chi connectivity index (χ2v) is 5.17. The van der Waals surface area contributed by atoms with Crippen LogP contribution in [-0.2, 0) is 11.3 Å². The topological polar surface area (TPSA) is 145 Å². The van der Waals surface area contributed by atoms with Crippen LogP contribution in [0.2, 0.25) is 0 Å². The van der Waals surface area contributed by atoms with Gasteiger partial charge in [-0.2, -0.15) is 0 Å². The molecule has 0 saturated heterocycles. The van der Waals surface area contributed by atoms with E-state index in [0.717, 1.165) is 0 Å². The van der Waals surface area contributed by atoms with Crippen LogP contribution in [0.1, 0.15) is 16.2 Å². The number of nitrogens with zero attached hydrogens (tertiary/aromatic N) is 3. The van der Waals surface area contributed by atoms with Crippen molar-refractivity contribution in [3.05, 3.63) is 52.0 Å². The van der Waals surface area contributed by atoms with Crippen LogP contribution in [0.15, 0.2) is 30.5 Å². The van der Waals surface area contributed by atoms with E-state index in [1.807, 2.05) is 0 Å². The Morgan fingerprint density at radius 2 is 2.08 bits per heavy atom. The van der Waals surface area contributed by atoms with Crippen molar-refractivity contribution >= 4 is 23.3 Å². The van der Waals surface area contributed by atoms with Gasteiger partial charge in [0.15, 0.2) is 0 Å². The molecule has 1 heterocycles. The molecule has 0 spiro atoms. The first-order valence-corrected chi connectivity index (χ1v) is 7.47. The van der Waals surface area contributed by atoms with Gasteiger partial charge in [-0.25, -0.2) is 0 Å². The number of hydrogen-bond donors (Lipinski definition) is 3. The second-order valence-electron chi connectivity index (χ2n) is 5.17. The van der Waals surface area contributed by atoms with E-state index >= 15 is 0 Å². The highest BCUT2D eigenvalue weighted by Gasteiger charge is 2.18. The Balaban J connectivity index is 2.11. The van der Waals surface area contributed by atoms with Crippen molar-refractivity contribution in [2.45, 2.75) is 13.5 Å². The van der Waals surface area contributed by atoms with Gasteiger partial charge in [0.05, 0.1) is 11.3 Å². The summed E-state index contributed by atoms with van der Waals surface area (Å²) in [7, 11) is 0. The molecular weight excluding hydrogens is 328 g/mol. The van der Waals surface area contributed by atoms with Gasteiger partial charge in [-0.3, -0.25) is 14.2 Å². The summed E-state index contributed by atoms with van der Waals surface area (Å²) >= 11 is 0. The molecule has 2 rings (SSSR count). The fraction of sp³-hybridized carbons (Fsp3) is 0.267. The maximum atomic E-state index is 12.2. The van der Waals surface area contributed by atoms with Crippen LogP contribution in [-0.4, -0.2) is 39.4 Å². The molecule has 1 aromatic heterocycles. The molecule has 0 aliphatic heterocycles. The van der Waals surface area contributed by atoms with Gasteiger partial charge in [-0.05, 0) is 22.0 Å². The maximum absolute atomic E-state index is 12.2. The summed E-state index contributed by atoms with van der Waals surface area (Å²) in [4.78, 5) is 38.2. The number of nitrogens with one attached hydrogen (secondary N) is 2. The Hall–Kier alpha value is -3.27. The molecule has 0 aliphatic rings. The van der Waals surface area contributed by atoms with Crippen molar-refractivity contribution < 1.29 is 14.5 Å². The van der Waals surface area contributed by atoms with Crippen molar-refractivity contribution in [2.24, 2.45) is 5.73 Å². The van der Waals surface area contributed by atoms with E-state index < -0.39 is 10.8 Å². The number of imidazole rings is 1. The van der Waals surface area contributed by atoms with Crippen LogP contribution in [0.4, 0.5) is 11.5 Å². The van der Waals surface area contributed by atoms with Gasteiger partial charge < -0.3 is 26.5 Å². The zero-order chi connectivity index (χ0) is 18.4. The van der Waals surface area contributed by atoms with Gasteiger partial charge in [0.2, 0.25) is 11.7 Å².